The van der Waals surface area contributed by atoms with Gasteiger partial charge in [0, 0.05) is 5.54 Å². The van der Waals surface area contributed by atoms with Crippen LogP contribution in [0.3, 0.4) is 0 Å². The van der Waals surface area contributed by atoms with Crippen LogP contribution in [0.2, 0.25) is 0 Å². The van der Waals surface area contributed by atoms with E-state index in [9.17, 15) is 9.59 Å². The maximum atomic E-state index is 11.5. The molecule has 0 unspecified atom stereocenters. The number of ether oxygens (including phenoxy) is 1. The average Bonchev–Trinajstić information content (AvgIpc) is 2.78. The SMILES string of the molecule is CCC(C)(C)NC(=O)COC(=O)c1cccs1. The van der Waals surface area contributed by atoms with E-state index in [0.29, 0.717) is 4.88 Å². The Morgan fingerprint density at radius 3 is 2.71 bits per heavy atom. The molecule has 0 saturated carbocycles. The van der Waals surface area contributed by atoms with Crippen LogP contribution in [0.1, 0.15) is 36.9 Å². The molecule has 0 atom stereocenters. The van der Waals surface area contributed by atoms with Crippen LogP contribution in [0.25, 0.3) is 0 Å². The molecule has 94 valence electrons. The summed E-state index contributed by atoms with van der Waals surface area (Å²) < 4.78 is 4.90. The van der Waals surface area contributed by atoms with Crippen molar-refractivity contribution in [2.24, 2.45) is 0 Å². The van der Waals surface area contributed by atoms with Gasteiger partial charge in [0.25, 0.3) is 5.91 Å². The molecule has 0 aliphatic carbocycles. The van der Waals surface area contributed by atoms with Crippen LogP contribution in [0.15, 0.2) is 17.5 Å². The second kappa shape index (κ2) is 5.82. The second-order valence-corrected chi connectivity index (χ2v) is 5.29. The van der Waals surface area contributed by atoms with Gasteiger partial charge in [-0.25, -0.2) is 4.79 Å². The number of carbonyl (C=O) groups excluding carboxylic acids is 2. The van der Waals surface area contributed by atoms with Crippen LogP contribution in [0.4, 0.5) is 0 Å². The minimum atomic E-state index is -0.454. The maximum absolute atomic E-state index is 11.5. The molecule has 5 heteroatoms. The highest BCUT2D eigenvalue weighted by molar-refractivity contribution is 7.11. The summed E-state index contributed by atoms with van der Waals surface area (Å²) in [6.45, 7) is 5.59. The monoisotopic (exact) mass is 255 g/mol. The lowest BCUT2D eigenvalue weighted by Crippen LogP contribution is -2.44. The van der Waals surface area contributed by atoms with E-state index in [1.54, 1.807) is 17.5 Å². The van der Waals surface area contributed by atoms with E-state index >= 15 is 0 Å². The Labute approximate surface area is 105 Å². The predicted molar refractivity (Wildman–Crippen MR) is 67.1 cm³/mol. The molecule has 0 aliphatic heterocycles. The van der Waals surface area contributed by atoms with Crippen molar-refractivity contribution in [1.29, 1.82) is 0 Å². The predicted octanol–water partition coefficient (Wildman–Crippen LogP) is 2.21. The number of esters is 1. The van der Waals surface area contributed by atoms with E-state index in [2.05, 4.69) is 5.32 Å². The fraction of sp³-hybridized carbons (Fsp3) is 0.500. The van der Waals surface area contributed by atoms with Gasteiger partial charge >= 0.3 is 5.97 Å². The fourth-order valence-electron chi connectivity index (χ4n) is 1.10. The molecule has 1 amide bonds. The van der Waals surface area contributed by atoms with E-state index in [1.165, 1.54) is 11.3 Å². The van der Waals surface area contributed by atoms with Crippen LogP contribution in [-0.4, -0.2) is 24.0 Å². The summed E-state index contributed by atoms with van der Waals surface area (Å²) in [5.74, 6) is -0.730. The first-order valence-electron chi connectivity index (χ1n) is 5.46. The largest absolute Gasteiger partial charge is 0.451 e. The van der Waals surface area contributed by atoms with Crippen molar-refractivity contribution >= 4 is 23.2 Å². The molecule has 1 N–H and O–H groups in total. The number of carbonyl (C=O) groups is 2. The molecule has 4 nitrogen and oxygen atoms in total. The van der Waals surface area contributed by atoms with Crippen LogP contribution in [-0.2, 0) is 9.53 Å². The van der Waals surface area contributed by atoms with Crippen LogP contribution in [0.5, 0.6) is 0 Å². The number of rotatable bonds is 5. The molecule has 17 heavy (non-hydrogen) atoms. The topological polar surface area (TPSA) is 55.4 Å². The number of thiophene rings is 1. The molecule has 0 aromatic carbocycles. The Morgan fingerprint density at radius 2 is 2.18 bits per heavy atom. The highest BCUT2D eigenvalue weighted by Crippen LogP contribution is 2.10. The van der Waals surface area contributed by atoms with Gasteiger partial charge in [0.1, 0.15) is 4.88 Å². The van der Waals surface area contributed by atoms with Gasteiger partial charge in [-0.1, -0.05) is 13.0 Å². The summed E-state index contributed by atoms with van der Waals surface area (Å²) in [6, 6.07) is 3.43. The minimum absolute atomic E-state index is 0.236. The molecule has 0 bridgehead atoms. The second-order valence-electron chi connectivity index (χ2n) is 4.34. The van der Waals surface area contributed by atoms with Crippen LogP contribution < -0.4 is 5.32 Å². The molecule has 1 aromatic heterocycles. The Hall–Kier alpha value is -1.36. The molecular weight excluding hydrogens is 238 g/mol. The summed E-state index contributed by atoms with van der Waals surface area (Å²) in [7, 11) is 0. The lowest BCUT2D eigenvalue weighted by Gasteiger charge is -2.24. The van der Waals surface area contributed by atoms with E-state index in [1.807, 2.05) is 20.8 Å². The smallest absolute Gasteiger partial charge is 0.348 e. The lowest BCUT2D eigenvalue weighted by atomic mass is 10.0. The van der Waals surface area contributed by atoms with Gasteiger partial charge in [-0.3, -0.25) is 4.79 Å². The zero-order valence-corrected chi connectivity index (χ0v) is 11.1. The molecule has 0 aliphatic rings. The summed E-state index contributed by atoms with van der Waals surface area (Å²) >= 11 is 1.29. The Morgan fingerprint density at radius 1 is 1.47 bits per heavy atom. The summed E-state index contributed by atoms with van der Waals surface area (Å²) in [4.78, 5) is 23.5. The van der Waals surface area contributed by atoms with E-state index < -0.39 is 5.97 Å². The standard InChI is InChI=1S/C12H17NO3S/c1-4-12(2,3)13-10(14)8-16-11(15)9-6-5-7-17-9/h5-7H,4,8H2,1-3H3,(H,13,14). The summed E-state index contributed by atoms with van der Waals surface area (Å²) in [5.41, 5.74) is -0.271. The quantitative estimate of drug-likeness (QED) is 0.821. The third kappa shape index (κ3) is 4.56. The first-order chi connectivity index (χ1) is 7.94. The van der Waals surface area contributed by atoms with Gasteiger partial charge in [0.05, 0.1) is 0 Å². The van der Waals surface area contributed by atoms with Crippen molar-refractivity contribution in [2.75, 3.05) is 6.61 Å². The van der Waals surface area contributed by atoms with Crippen LogP contribution in [0, 0.1) is 0 Å². The van der Waals surface area contributed by atoms with Gasteiger partial charge in [-0.15, -0.1) is 11.3 Å². The summed E-state index contributed by atoms with van der Waals surface area (Å²) in [6.07, 6.45) is 0.817. The highest BCUT2D eigenvalue weighted by atomic mass is 32.1. The Kier molecular flexibility index (Phi) is 4.69. The van der Waals surface area contributed by atoms with Crippen molar-refractivity contribution in [3.05, 3.63) is 22.4 Å². The minimum Gasteiger partial charge on any atom is -0.451 e. The molecule has 1 rings (SSSR count). The lowest BCUT2D eigenvalue weighted by molar-refractivity contribution is -0.125. The van der Waals surface area contributed by atoms with Crippen molar-refractivity contribution in [3.8, 4) is 0 Å². The molecule has 1 aromatic rings. The first kappa shape index (κ1) is 13.7. The normalized spacial score (nSPS) is 11.0. The van der Waals surface area contributed by atoms with E-state index in [-0.39, 0.29) is 18.1 Å². The summed E-state index contributed by atoms with van der Waals surface area (Å²) in [5, 5.41) is 4.58. The molecule has 1 heterocycles. The first-order valence-corrected chi connectivity index (χ1v) is 6.34. The third-order valence-electron chi connectivity index (χ3n) is 2.42. The van der Waals surface area contributed by atoms with Crippen molar-refractivity contribution in [1.82, 2.24) is 5.32 Å². The fourth-order valence-corrected chi connectivity index (χ4v) is 1.71. The van der Waals surface area contributed by atoms with Crippen LogP contribution >= 0.6 is 11.3 Å². The number of nitrogens with one attached hydrogen (secondary N) is 1. The zero-order chi connectivity index (χ0) is 12.9. The van der Waals surface area contributed by atoms with Crippen molar-refractivity contribution in [3.63, 3.8) is 0 Å². The molecule has 0 saturated heterocycles. The average molecular weight is 255 g/mol. The van der Waals surface area contributed by atoms with Gasteiger partial charge in [0.15, 0.2) is 6.61 Å². The Bertz CT molecular complexity index is 384. The van der Waals surface area contributed by atoms with E-state index in [0.717, 1.165) is 6.42 Å². The molecule has 0 fully saturated rings. The third-order valence-corrected chi connectivity index (χ3v) is 3.27. The maximum Gasteiger partial charge on any atom is 0.348 e. The van der Waals surface area contributed by atoms with Gasteiger partial charge < -0.3 is 10.1 Å². The number of amides is 1. The zero-order valence-electron chi connectivity index (χ0n) is 10.3. The van der Waals surface area contributed by atoms with E-state index in [4.69, 9.17) is 4.74 Å². The highest BCUT2D eigenvalue weighted by Gasteiger charge is 2.19. The number of hydrogen-bond donors (Lipinski definition) is 1. The molecule has 0 radical (unpaired) electrons. The number of hydrogen-bond acceptors (Lipinski definition) is 4. The van der Waals surface area contributed by atoms with Gasteiger partial charge in [-0.2, -0.15) is 0 Å². The van der Waals surface area contributed by atoms with Crippen molar-refractivity contribution < 1.29 is 14.3 Å². The Balaban J connectivity index is 2.36. The molecular formula is C12H17NO3S. The van der Waals surface area contributed by atoms with Gasteiger partial charge in [0.2, 0.25) is 0 Å². The van der Waals surface area contributed by atoms with Crippen molar-refractivity contribution in [2.45, 2.75) is 32.7 Å². The van der Waals surface area contributed by atoms with Gasteiger partial charge in [-0.05, 0) is 31.7 Å². The molecule has 0 spiro atoms.